The molecule has 1 amide bonds. The molecule has 0 heterocycles. The number of methoxy groups -OCH3 is 2. The average molecular weight is 343 g/mol. The summed E-state index contributed by atoms with van der Waals surface area (Å²) >= 11 is 0. The summed E-state index contributed by atoms with van der Waals surface area (Å²) < 4.78 is 16.1. The number of carbonyl (C=O) groups is 1. The van der Waals surface area contributed by atoms with Gasteiger partial charge in [-0.3, -0.25) is 4.79 Å². The van der Waals surface area contributed by atoms with E-state index in [9.17, 15) is 4.79 Å². The van der Waals surface area contributed by atoms with Crippen LogP contribution in [0.3, 0.4) is 0 Å². The predicted molar refractivity (Wildman–Crippen MR) is 97.3 cm³/mol. The SMILES string of the molecule is COc1ccc(C(C)NC(=O)CCCOc2ccccc2)cc1OC. The highest BCUT2D eigenvalue weighted by Crippen LogP contribution is 2.29. The topological polar surface area (TPSA) is 56.8 Å². The van der Waals surface area contributed by atoms with Crippen LogP contribution in [0.2, 0.25) is 0 Å². The largest absolute Gasteiger partial charge is 0.494 e. The molecule has 0 radical (unpaired) electrons. The number of carbonyl (C=O) groups excluding carboxylic acids is 1. The summed E-state index contributed by atoms with van der Waals surface area (Å²) in [6, 6.07) is 15.1. The molecule has 1 N–H and O–H groups in total. The van der Waals surface area contributed by atoms with Gasteiger partial charge >= 0.3 is 0 Å². The van der Waals surface area contributed by atoms with E-state index in [1.54, 1.807) is 14.2 Å². The fraction of sp³-hybridized carbons (Fsp3) is 0.350. The van der Waals surface area contributed by atoms with Crippen molar-refractivity contribution in [3.8, 4) is 17.2 Å². The molecular weight excluding hydrogens is 318 g/mol. The first kappa shape index (κ1) is 18.6. The van der Waals surface area contributed by atoms with Crippen LogP contribution in [0.5, 0.6) is 17.2 Å². The second-order valence-corrected chi connectivity index (χ2v) is 5.67. The van der Waals surface area contributed by atoms with E-state index in [0.717, 1.165) is 11.3 Å². The Morgan fingerprint density at radius 3 is 2.44 bits per heavy atom. The molecule has 0 bridgehead atoms. The second-order valence-electron chi connectivity index (χ2n) is 5.67. The first-order valence-electron chi connectivity index (χ1n) is 8.33. The number of benzene rings is 2. The van der Waals surface area contributed by atoms with Gasteiger partial charge in [0.05, 0.1) is 26.9 Å². The number of rotatable bonds is 9. The molecule has 1 atom stereocenters. The van der Waals surface area contributed by atoms with Crippen molar-refractivity contribution in [2.24, 2.45) is 0 Å². The van der Waals surface area contributed by atoms with Gasteiger partial charge in [-0.1, -0.05) is 24.3 Å². The summed E-state index contributed by atoms with van der Waals surface area (Å²) in [7, 11) is 3.19. The molecule has 2 aromatic carbocycles. The number of hydrogen-bond donors (Lipinski definition) is 1. The van der Waals surface area contributed by atoms with Crippen molar-refractivity contribution in [3.63, 3.8) is 0 Å². The molecule has 0 saturated heterocycles. The third kappa shape index (κ3) is 5.71. The minimum absolute atomic E-state index is 0.000975. The van der Waals surface area contributed by atoms with Crippen LogP contribution >= 0.6 is 0 Å². The summed E-state index contributed by atoms with van der Waals surface area (Å²) in [5, 5.41) is 2.99. The minimum Gasteiger partial charge on any atom is -0.494 e. The predicted octanol–water partition coefficient (Wildman–Crippen LogP) is 3.74. The fourth-order valence-corrected chi connectivity index (χ4v) is 2.46. The second kappa shape index (κ2) is 9.57. The third-order valence-corrected chi connectivity index (χ3v) is 3.85. The van der Waals surface area contributed by atoms with Gasteiger partial charge in [-0.25, -0.2) is 0 Å². The molecule has 5 nitrogen and oxygen atoms in total. The maximum absolute atomic E-state index is 12.1. The Balaban J connectivity index is 1.78. The van der Waals surface area contributed by atoms with E-state index < -0.39 is 0 Å². The molecule has 1 unspecified atom stereocenters. The van der Waals surface area contributed by atoms with Crippen LogP contribution in [-0.4, -0.2) is 26.7 Å². The number of amides is 1. The zero-order valence-corrected chi connectivity index (χ0v) is 15.0. The van der Waals surface area contributed by atoms with Crippen molar-refractivity contribution in [1.29, 1.82) is 0 Å². The lowest BCUT2D eigenvalue weighted by atomic mass is 10.1. The number of para-hydroxylation sites is 1. The van der Waals surface area contributed by atoms with Crippen LogP contribution in [0.15, 0.2) is 48.5 Å². The Hall–Kier alpha value is -2.69. The quantitative estimate of drug-likeness (QED) is 0.705. The standard InChI is InChI=1S/C20H25NO4/c1-15(16-11-12-18(23-2)19(14-16)24-3)21-20(22)10-7-13-25-17-8-5-4-6-9-17/h4-6,8-9,11-12,14-15H,7,10,13H2,1-3H3,(H,21,22). The molecule has 0 aliphatic heterocycles. The van der Waals surface area contributed by atoms with Gasteiger partial charge in [0.25, 0.3) is 0 Å². The van der Waals surface area contributed by atoms with Crippen molar-refractivity contribution in [1.82, 2.24) is 5.32 Å². The molecule has 2 rings (SSSR count). The Labute approximate surface area is 148 Å². The normalized spacial score (nSPS) is 11.5. The molecule has 25 heavy (non-hydrogen) atoms. The molecule has 0 spiro atoms. The lowest BCUT2D eigenvalue weighted by Gasteiger charge is -2.16. The van der Waals surface area contributed by atoms with Gasteiger partial charge < -0.3 is 19.5 Å². The summed E-state index contributed by atoms with van der Waals surface area (Å²) in [4.78, 5) is 12.1. The third-order valence-electron chi connectivity index (χ3n) is 3.85. The molecule has 134 valence electrons. The molecular formula is C20H25NO4. The van der Waals surface area contributed by atoms with Crippen LogP contribution in [0.1, 0.15) is 31.4 Å². The van der Waals surface area contributed by atoms with Gasteiger partial charge in [0, 0.05) is 6.42 Å². The Morgan fingerprint density at radius 2 is 1.76 bits per heavy atom. The van der Waals surface area contributed by atoms with Crippen molar-refractivity contribution in [3.05, 3.63) is 54.1 Å². The smallest absolute Gasteiger partial charge is 0.220 e. The molecule has 2 aromatic rings. The van der Waals surface area contributed by atoms with Crippen LogP contribution in [0, 0.1) is 0 Å². The Kier molecular flexibility index (Phi) is 7.14. The van der Waals surface area contributed by atoms with E-state index in [0.29, 0.717) is 30.9 Å². The van der Waals surface area contributed by atoms with Crippen molar-refractivity contribution >= 4 is 5.91 Å². The Morgan fingerprint density at radius 1 is 1.04 bits per heavy atom. The summed E-state index contributed by atoms with van der Waals surface area (Å²) in [6.45, 7) is 2.46. The van der Waals surface area contributed by atoms with Gasteiger partial charge in [0.2, 0.25) is 5.91 Å². The molecule has 0 aliphatic rings. The number of hydrogen-bond acceptors (Lipinski definition) is 4. The zero-order chi connectivity index (χ0) is 18.1. The first-order valence-corrected chi connectivity index (χ1v) is 8.33. The van der Waals surface area contributed by atoms with Crippen LogP contribution < -0.4 is 19.5 Å². The van der Waals surface area contributed by atoms with Crippen LogP contribution in [-0.2, 0) is 4.79 Å². The van der Waals surface area contributed by atoms with E-state index in [2.05, 4.69) is 5.32 Å². The monoisotopic (exact) mass is 343 g/mol. The van der Waals surface area contributed by atoms with Gasteiger partial charge in [0.15, 0.2) is 11.5 Å². The van der Waals surface area contributed by atoms with E-state index in [4.69, 9.17) is 14.2 Å². The lowest BCUT2D eigenvalue weighted by molar-refractivity contribution is -0.121. The molecule has 0 aliphatic carbocycles. The lowest BCUT2D eigenvalue weighted by Crippen LogP contribution is -2.26. The van der Waals surface area contributed by atoms with Crippen molar-refractivity contribution in [2.45, 2.75) is 25.8 Å². The van der Waals surface area contributed by atoms with Crippen LogP contribution in [0.25, 0.3) is 0 Å². The van der Waals surface area contributed by atoms with E-state index in [1.165, 1.54) is 0 Å². The van der Waals surface area contributed by atoms with E-state index in [1.807, 2.05) is 55.5 Å². The summed E-state index contributed by atoms with van der Waals surface area (Å²) in [6.07, 6.45) is 1.09. The Bertz CT molecular complexity index is 673. The maximum atomic E-state index is 12.1. The molecule has 0 saturated carbocycles. The summed E-state index contributed by atoms with van der Waals surface area (Å²) in [5.74, 6) is 2.14. The number of nitrogens with one attached hydrogen (secondary N) is 1. The van der Waals surface area contributed by atoms with Gasteiger partial charge in [-0.15, -0.1) is 0 Å². The van der Waals surface area contributed by atoms with Crippen LogP contribution in [0.4, 0.5) is 0 Å². The van der Waals surface area contributed by atoms with E-state index >= 15 is 0 Å². The highest BCUT2D eigenvalue weighted by atomic mass is 16.5. The number of ether oxygens (including phenoxy) is 3. The highest BCUT2D eigenvalue weighted by Gasteiger charge is 2.12. The van der Waals surface area contributed by atoms with Crippen molar-refractivity contribution in [2.75, 3.05) is 20.8 Å². The molecule has 0 aromatic heterocycles. The summed E-state index contributed by atoms with van der Waals surface area (Å²) in [5.41, 5.74) is 0.964. The molecule has 5 heteroatoms. The van der Waals surface area contributed by atoms with Gasteiger partial charge in [-0.05, 0) is 43.2 Å². The van der Waals surface area contributed by atoms with Crippen molar-refractivity contribution < 1.29 is 19.0 Å². The minimum atomic E-state index is -0.109. The first-order chi connectivity index (χ1) is 12.1. The maximum Gasteiger partial charge on any atom is 0.220 e. The highest BCUT2D eigenvalue weighted by molar-refractivity contribution is 5.76. The molecule has 0 fully saturated rings. The zero-order valence-electron chi connectivity index (χ0n) is 15.0. The van der Waals surface area contributed by atoms with Gasteiger partial charge in [-0.2, -0.15) is 0 Å². The van der Waals surface area contributed by atoms with E-state index in [-0.39, 0.29) is 11.9 Å². The fourth-order valence-electron chi connectivity index (χ4n) is 2.46. The average Bonchev–Trinajstić information content (AvgIpc) is 2.65. The van der Waals surface area contributed by atoms with Gasteiger partial charge in [0.1, 0.15) is 5.75 Å².